The van der Waals surface area contributed by atoms with E-state index in [1.54, 1.807) is 0 Å². The normalized spacial score (nSPS) is 19.8. The summed E-state index contributed by atoms with van der Waals surface area (Å²) in [6, 6.07) is 8.62. The molecule has 0 radical (unpaired) electrons. The molecule has 1 aliphatic heterocycles. The topological polar surface area (TPSA) is 49.4 Å². The van der Waals surface area contributed by atoms with E-state index in [2.05, 4.69) is 36.2 Å². The lowest BCUT2D eigenvalue weighted by Crippen LogP contribution is -2.43. The molecule has 20 heavy (non-hydrogen) atoms. The highest BCUT2D eigenvalue weighted by molar-refractivity contribution is 7.90. The van der Waals surface area contributed by atoms with Gasteiger partial charge in [0, 0.05) is 37.6 Å². The number of nitrogens with one attached hydrogen (secondary N) is 1. The van der Waals surface area contributed by atoms with Crippen LogP contribution < -0.4 is 10.2 Å². The summed E-state index contributed by atoms with van der Waals surface area (Å²) in [7, 11) is -2.94. The van der Waals surface area contributed by atoms with E-state index < -0.39 is 9.84 Å². The third-order valence-electron chi connectivity index (χ3n) is 3.84. The Bertz CT molecular complexity index is 555. The average Bonchev–Trinajstić information content (AvgIpc) is 2.55. The van der Waals surface area contributed by atoms with Gasteiger partial charge in [-0.3, -0.25) is 0 Å². The van der Waals surface area contributed by atoms with Crippen LogP contribution in [0.3, 0.4) is 0 Å². The molecule has 1 aromatic rings. The van der Waals surface area contributed by atoms with Crippen LogP contribution in [0.4, 0.5) is 5.69 Å². The van der Waals surface area contributed by atoms with Gasteiger partial charge in [-0.05, 0) is 17.5 Å². The van der Waals surface area contributed by atoms with Crippen molar-refractivity contribution in [2.24, 2.45) is 5.92 Å². The lowest BCUT2D eigenvalue weighted by atomic mass is 10.0. The van der Waals surface area contributed by atoms with Crippen molar-refractivity contribution in [2.45, 2.75) is 26.4 Å². The number of fused-ring (bicyclic) bond motifs is 1. The Morgan fingerprint density at radius 1 is 1.35 bits per heavy atom. The van der Waals surface area contributed by atoms with Crippen molar-refractivity contribution in [1.82, 2.24) is 5.32 Å². The number of rotatable bonds is 4. The lowest BCUT2D eigenvalue weighted by Gasteiger charge is -2.29. The maximum atomic E-state index is 11.4. The fourth-order valence-corrected chi connectivity index (χ4v) is 3.10. The first-order chi connectivity index (χ1) is 9.37. The SMILES string of the molecule is CC(C)C1CN(CCS(C)(=O)=O)c2ccccc2CN1. The number of para-hydroxylation sites is 1. The zero-order valence-corrected chi connectivity index (χ0v) is 13.3. The van der Waals surface area contributed by atoms with Gasteiger partial charge >= 0.3 is 0 Å². The molecule has 4 nitrogen and oxygen atoms in total. The standard InChI is InChI=1S/C15H24N2O2S/c1-12(2)14-11-17(8-9-20(3,18)19)15-7-5-4-6-13(15)10-16-14/h4-7,12,14,16H,8-11H2,1-3H3. The van der Waals surface area contributed by atoms with Crippen molar-refractivity contribution in [1.29, 1.82) is 0 Å². The average molecular weight is 296 g/mol. The highest BCUT2D eigenvalue weighted by Crippen LogP contribution is 2.24. The van der Waals surface area contributed by atoms with E-state index in [-0.39, 0.29) is 5.75 Å². The van der Waals surface area contributed by atoms with Gasteiger partial charge in [0.1, 0.15) is 9.84 Å². The maximum Gasteiger partial charge on any atom is 0.149 e. The summed E-state index contributed by atoms with van der Waals surface area (Å²) in [4.78, 5) is 2.21. The summed E-state index contributed by atoms with van der Waals surface area (Å²) in [5.41, 5.74) is 2.40. The molecule has 2 rings (SSSR count). The van der Waals surface area contributed by atoms with Gasteiger partial charge in [0.2, 0.25) is 0 Å². The zero-order chi connectivity index (χ0) is 14.8. The van der Waals surface area contributed by atoms with Crippen LogP contribution in [0.2, 0.25) is 0 Å². The van der Waals surface area contributed by atoms with Crippen LogP contribution in [0, 0.1) is 5.92 Å². The molecular formula is C15H24N2O2S. The molecule has 1 atom stereocenters. The predicted octanol–water partition coefficient (Wildman–Crippen LogP) is 1.67. The third kappa shape index (κ3) is 3.96. The fraction of sp³-hybridized carbons (Fsp3) is 0.600. The van der Waals surface area contributed by atoms with Crippen molar-refractivity contribution in [3.05, 3.63) is 29.8 Å². The predicted molar refractivity (Wildman–Crippen MR) is 83.8 cm³/mol. The molecule has 0 aliphatic carbocycles. The molecule has 1 unspecified atom stereocenters. The van der Waals surface area contributed by atoms with Crippen LogP contribution in [0.15, 0.2) is 24.3 Å². The summed E-state index contributed by atoms with van der Waals surface area (Å²) in [5, 5.41) is 3.57. The van der Waals surface area contributed by atoms with Crippen LogP contribution in [0.5, 0.6) is 0 Å². The Balaban J connectivity index is 2.24. The van der Waals surface area contributed by atoms with Crippen molar-refractivity contribution < 1.29 is 8.42 Å². The largest absolute Gasteiger partial charge is 0.369 e. The van der Waals surface area contributed by atoms with E-state index in [0.717, 1.165) is 18.8 Å². The van der Waals surface area contributed by atoms with Gasteiger partial charge in [0.05, 0.1) is 5.75 Å². The van der Waals surface area contributed by atoms with Gasteiger partial charge in [-0.25, -0.2) is 8.42 Å². The molecule has 0 saturated carbocycles. The van der Waals surface area contributed by atoms with Gasteiger partial charge in [-0.2, -0.15) is 0 Å². The molecule has 0 saturated heterocycles. The van der Waals surface area contributed by atoms with Gasteiger partial charge in [0.15, 0.2) is 0 Å². The van der Waals surface area contributed by atoms with Gasteiger partial charge < -0.3 is 10.2 Å². The molecule has 0 fully saturated rings. The minimum atomic E-state index is -2.94. The summed E-state index contributed by atoms with van der Waals surface area (Å²) in [6.07, 6.45) is 1.30. The Morgan fingerprint density at radius 3 is 2.70 bits per heavy atom. The van der Waals surface area contributed by atoms with Crippen LogP contribution in [0.25, 0.3) is 0 Å². The highest BCUT2D eigenvalue weighted by atomic mass is 32.2. The first-order valence-electron chi connectivity index (χ1n) is 7.11. The quantitative estimate of drug-likeness (QED) is 0.918. The summed E-state index contributed by atoms with van der Waals surface area (Å²) >= 11 is 0. The second-order valence-corrected chi connectivity index (χ2v) is 8.20. The second kappa shape index (κ2) is 6.14. The summed E-state index contributed by atoms with van der Waals surface area (Å²) in [6.45, 7) is 6.64. The minimum Gasteiger partial charge on any atom is -0.369 e. The summed E-state index contributed by atoms with van der Waals surface area (Å²) < 4.78 is 22.9. The van der Waals surface area contributed by atoms with Gasteiger partial charge in [0.25, 0.3) is 0 Å². The molecule has 1 aromatic carbocycles. The molecule has 1 N–H and O–H groups in total. The van der Waals surface area contributed by atoms with E-state index in [0.29, 0.717) is 18.5 Å². The van der Waals surface area contributed by atoms with Crippen LogP contribution >= 0.6 is 0 Å². The molecule has 5 heteroatoms. The van der Waals surface area contributed by atoms with E-state index in [1.165, 1.54) is 11.8 Å². The number of anilines is 1. The van der Waals surface area contributed by atoms with Crippen molar-refractivity contribution in [2.75, 3.05) is 30.0 Å². The Labute approximate surface area is 122 Å². The monoisotopic (exact) mass is 296 g/mol. The second-order valence-electron chi connectivity index (χ2n) is 5.94. The number of nitrogens with zero attached hydrogens (tertiary/aromatic N) is 1. The first-order valence-corrected chi connectivity index (χ1v) is 9.17. The molecule has 0 spiro atoms. The number of benzene rings is 1. The third-order valence-corrected chi connectivity index (χ3v) is 4.76. The lowest BCUT2D eigenvalue weighted by molar-refractivity contribution is 0.405. The first kappa shape index (κ1) is 15.3. The minimum absolute atomic E-state index is 0.201. The van der Waals surface area contributed by atoms with Crippen LogP contribution in [-0.4, -0.2) is 39.6 Å². The molecule has 1 heterocycles. The van der Waals surface area contributed by atoms with E-state index >= 15 is 0 Å². The van der Waals surface area contributed by atoms with E-state index in [4.69, 9.17) is 0 Å². The highest BCUT2D eigenvalue weighted by Gasteiger charge is 2.23. The zero-order valence-electron chi connectivity index (χ0n) is 12.5. The maximum absolute atomic E-state index is 11.4. The molecule has 1 aliphatic rings. The van der Waals surface area contributed by atoms with E-state index in [1.807, 2.05) is 12.1 Å². The molecule has 0 bridgehead atoms. The van der Waals surface area contributed by atoms with Crippen molar-refractivity contribution >= 4 is 15.5 Å². The smallest absolute Gasteiger partial charge is 0.149 e. The number of sulfone groups is 1. The van der Waals surface area contributed by atoms with Crippen molar-refractivity contribution in [3.8, 4) is 0 Å². The van der Waals surface area contributed by atoms with Crippen molar-refractivity contribution in [3.63, 3.8) is 0 Å². The fourth-order valence-electron chi connectivity index (χ4n) is 2.54. The van der Waals surface area contributed by atoms with Crippen LogP contribution in [0.1, 0.15) is 19.4 Å². The Kier molecular flexibility index (Phi) is 4.70. The summed E-state index contributed by atoms with van der Waals surface area (Å²) in [5.74, 6) is 0.719. The Morgan fingerprint density at radius 2 is 2.05 bits per heavy atom. The number of hydrogen-bond acceptors (Lipinski definition) is 4. The molecule has 112 valence electrons. The Hall–Kier alpha value is -1.07. The van der Waals surface area contributed by atoms with E-state index in [9.17, 15) is 8.42 Å². The number of hydrogen-bond donors (Lipinski definition) is 1. The van der Waals surface area contributed by atoms with Crippen LogP contribution in [-0.2, 0) is 16.4 Å². The molecule has 0 aromatic heterocycles. The van der Waals surface area contributed by atoms with Gasteiger partial charge in [-0.1, -0.05) is 32.0 Å². The molecule has 0 amide bonds. The molecular weight excluding hydrogens is 272 g/mol. The van der Waals surface area contributed by atoms with Gasteiger partial charge in [-0.15, -0.1) is 0 Å².